The van der Waals surface area contributed by atoms with Crippen molar-refractivity contribution in [1.29, 1.82) is 0 Å². The summed E-state index contributed by atoms with van der Waals surface area (Å²) < 4.78 is 5.57. The number of rotatable bonds is 5. The lowest BCUT2D eigenvalue weighted by Crippen LogP contribution is -2.44. The highest BCUT2D eigenvalue weighted by molar-refractivity contribution is 7.12. The van der Waals surface area contributed by atoms with Gasteiger partial charge in [0.1, 0.15) is 5.75 Å². The van der Waals surface area contributed by atoms with Crippen molar-refractivity contribution in [2.75, 3.05) is 43.0 Å². The van der Waals surface area contributed by atoms with Crippen LogP contribution in [0.25, 0.3) is 0 Å². The normalized spacial score (nSPS) is 17.3. The van der Waals surface area contributed by atoms with E-state index in [9.17, 15) is 9.59 Å². The highest BCUT2D eigenvalue weighted by atomic mass is 32.1. The van der Waals surface area contributed by atoms with E-state index in [2.05, 4.69) is 10.2 Å². The van der Waals surface area contributed by atoms with E-state index in [1.807, 2.05) is 29.6 Å². The lowest BCUT2D eigenvalue weighted by atomic mass is 10.1. The monoisotopic (exact) mass is 385 g/mol. The Kier molecular flexibility index (Phi) is 5.40. The average molecular weight is 385 g/mol. The lowest BCUT2D eigenvalue weighted by molar-refractivity contribution is -0.121. The number of amides is 2. The molecule has 1 N–H and O–H groups in total. The second-order valence-corrected chi connectivity index (χ2v) is 7.80. The summed E-state index contributed by atoms with van der Waals surface area (Å²) in [5.74, 6) is 0.497. The molecule has 0 unspecified atom stereocenters. The maximum Gasteiger partial charge on any atom is 0.265 e. The van der Waals surface area contributed by atoms with Crippen molar-refractivity contribution in [3.63, 3.8) is 0 Å². The van der Waals surface area contributed by atoms with Gasteiger partial charge in [0.25, 0.3) is 11.8 Å². The standard InChI is InChI=1S/C20H23N3O3S/c24-19-14-26-17-7-6-15(21-20(25)18-5-4-12-27-18)13-16(17)23(19)11-10-22-8-2-1-3-9-22/h4-7,12-13H,1-3,8-11,14H2,(H,21,25). The first kappa shape index (κ1) is 18.0. The Hall–Kier alpha value is -2.38. The minimum absolute atomic E-state index is 0.0405. The molecule has 7 heteroatoms. The number of fused-ring (bicyclic) bond motifs is 1. The molecule has 1 aromatic heterocycles. The molecule has 3 heterocycles. The average Bonchev–Trinajstić information content (AvgIpc) is 3.23. The zero-order valence-corrected chi connectivity index (χ0v) is 16.0. The molecular weight excluding hydrogens is 362 g/mol. The van der Waals surface area contributed by atoms with Crippen molar-refractivity contribution in [1.82, 2.24) is 4.90 Å². The van der Waals surface area contributed by atoms with Crippen molar-refractivity contribution >= 4 is 34.5 Å². The van der Waals surface area contributed by atoms with Crippen LogP contribution >= 0.6 is 11.3 Å². The van der Waals surface area contributed by atoms with Crippen LogP contribution in [0.1, 0.15) is 28.9 Å². The zero-order chi connectivity index (χ0) is 18.6. The van der Waals surface area contributed by atoms with E-state index < -0.39 is 0 Å². The molecule has 142 valence electrons. The van der Waals surface area contributed by atoms with E-state index in [0.717, 1.165) is 25.3 Å². The Balaban J connectivity index is 1.49. The number of thiophene rings is 1. The van der Waals surface area contributed by atoms with Crippen molar-refractivity contribution in [3.05, 3.63) is 40.6 Å². The van der Waals surface area contributed by atoms with Gasteiger partial charge in [0.05, 0.1) is 10.6 Å². The van der Waals surface area contributed by atoms with E-state index in [1.54, 1.807) is 11.0 Å². The van der Waals surface area contributed by atoms with Gasteiger partial charge in [-0.1, -0.05) is 12.5 Å². The van der Waals surface area contributed by atoms with Crippen LogP contribution in [0.15, 0.2) is 35.7 Å². The second-order valence-electron chi connectivity index (χ2n) is 6.85. The number of anilines is 2. The maximum absolute atomic E-state index is 12.4. The predicted octanol–water partition coefficient (Wildman–Crippen LogP) is 3.21. The van der Waals surface area contributed by atoms with Crippen LogP contribution in [0.3, 0.4) is 0 Å². The predicted molar refractivity (Wildman–Crippen MR) is 107 cm³/mol. The number of likely N-dealkylation sites (tertiary alicyclic amines) is 1. The lowest BCUT2D eigenvalue weighted by Gasteiger charge is -2.33. The van der Waals surface area contributed by atoms with Crippen molar-refractivity contribution in [2.45, 2.75) is 19.3 Å². The van der Waals surface area contributed by atoms with E-state index in [0.29, 0.717) is 22.9 Å². The molecule has 1 aromatic carbocycles. The Morgan fingerprint density at radius 2 is 2.00 bits per heavy atom. The number of carbonyl (C=O) groups is 2. The second kappa shape index (κ2) is 8.10. The Morgan fingerprint density at radius 3 is 2.78 bits per heavy atom. The van der Waals surface area contributed by atoms with E-state index >= 15 is 0 Å². The van der Waals surface area contributed by atoms with Crippen LogP contribution < -0.4 is 15.0 Å². The molecule has 2 aliphatic rings. The minimum Gasteiger partial charge on any atom is -0.482 e. The summed E-state index contributed by atoms with van der Waals surface area (Å²) in [5, 5.41) is 4.77. The fourth-order valence-electron chi connectivity index (χ4n) is 3.55. The molecule has 0 spiro atoms. The Labute approximate surface area is 162 Å². The Morgan fingerprint density at radius 1 is 1.15 bits per heavy atom. The fraction of sp³-hybridized carbons (Fsp3) is 0.400. The summed E-state index contributed by atoms with van der Waals surface area (Å²) >= 11 is 1.40. The van der Waals surface area contributed by atoms with E-state index in [1.165, 1.54) is 30.6 Å². The molecule has 0 radical (unpaired) electrons. The van der Waals surface area contributed by atoms with Gasteiger partial charge in [0.15, 0.2) is 6.61 Å². The van der Waals surface area contributed by atoms with Gasteiger partial charge < -0.3 is 19.9 Å². The van der Waals surface area contributed by atoms with Crippen LogP contribution in [-0.2, 0) is 4.79 Å². The topological polar surface area (TPSA) is 61.9 Å². The molecule has 2 aromatic rings. The first-order valence-corrected chi connectivity index (χ1v) is 10.2. The molecule has 0 saturated carbocycles. The molecule has 0 atom stereocenters. The molecule has 2 aliphatic heterocycles. The van der Waals surface area contributed by atoms with E-state index in [-0.39, 0.29) is 18.4 Å². The number of nitrogens with zero attached hydrogens (tertiary/aromatic N) is 2. The molecule has 4 rings (SSSR count). The fourth-order valence-corrected chi connectivity index (χ4v) is 4.17. The van der Waals surface area contributed by atoms with E-state index in [4.69, 9.17) is 4.74 Å². The number of ether oxygens (including phenoxy) is 1. The largest absolute Gasteiger partial charge is 0.482 e. The minimum atomic E-state index is -0.145. The number of carbonyl (C=O) groups excluding carboxylic acids is 2. The SMILES string of the molecule is O=C(Nc1ccc2c(c1)N(CCN1CCCCC1)C(=O)CO2)c1cccs1. The smallest absolute Gasteiger partial charge is 0.265 e. The molecule has 0 aliphatic carbocycles. The third kappa shape index (κ3) is 4.14. The number of benzene rings is 1. The molecular formula is C20H23N3O3S. The van der Waals surface area contributed by atoms with Gasteiger partial charge >= 0.3 is 0 Å². The number of hydrogen-bond acceptors (Lipinski definition) is 5. The van der Waals surface area contributed by atoms with Crippen molar-refractivity contribution < 1.29 is 14.3 Å². The van der Waals surface area contributed by atoms with Gasteiger partial charge in [-0.2, -0.15) is 0 Å². The highest BCUT2D eigenvalue weighted by Gasteiger charge is 2.26. The van der Waals surface area contributed by atoms with Crippen LogP contribution in [0.2, 0.25) is 0 Å². The number of nitrogens with one attached hydrogen (secondary N) is 1. The van der Waals surface area contributed by atoms with Crippen LogP contribution in [0, 0.1) is 0 Å². The van der Waals surface area contributed by atoms with Gasteiger partial charge in [-0.05, 0) is 55.6 Å². The Bertz CT molecular complexity index is 816. The van der Waals surface area contributed by atoms with Crippen LogP contribution in [-0.4, -0.2) is 49.5 Å². The molecule has 2 amide bonds. The summed E-state index contributed by atoms with van der Waals surface area (Å²) in [6.45, 7) is 3.76. The van der Waals surface area contributed by atoms with Gasteiger partial charge in [-0.15, -0.1) is 11.3 Å². The zero-order valence-electron chi connectivity index (χ0n) is 15.1. The molecule has 1 fully saturated rings. The molecule has 27 heavy (non-hydrogen) atoms. The van der Waals surface area contributed by atoms with Gasteiger partial charge in [0.2, 0.25) is 0 Å². The quantitative estimate of drug-likeness (QED) is 0.859. The summed E-state index contributed by atoms with van der Waals surface area (Å²) in [6.07, 6.45) is 3.75. The summed E-state index contributed by atoms with van der Waals surface area (Å²) in [4.78, 5) is 29.6. The van der Waals surface area contributed by atoms with Crippen LogP contribution in [0.4, 0.5) is 11.4 Å². The first-order chi connectivity index (χ1) is 13.2. The highest BCUT2D eigenvalue weighted by Crippen LogP contribution is 2.34. The van der Waals surface area contributed by atoms with Crippen molar-refractivity contribution in [3.8, 4) is 5.75 Å². The molecule has 1 saturated heterocycles. The summed E-state index contributed by atoms with van der Waals surface area (Å²) in [6, 6.07) is 9.09. The number of piperidine rings is 1. The third-order valence-corrected chi connectivity index (χ3v) is 5.86. The van der Waals surface area contributed by atoms with Crippen LogP contribution in [0.5, 0.6) is 5.75 Å². The third-order valence-electron chi connectivity index (χ3n) is 4.99. The summed E-state index contributed by atoms with van der Waals surface area (Å²) in [7, 11) is 0. The van der Waals surface area contributed by atoms with Gasteiger partial charge in [-0.3, -0.25) is 9.59 Å². The first-order valence-electron chi connectivity index (χ1n) is 9.35. The van der Waals surface area contributed by atoms with Gasteiger partial charge in [-0.25, -0.2) is 0 Å². The van der Waals surface area contributed by atoms with Gasteiger partial charge in [0, 0.05) is 18.8 Å². The maximum atomic E-state index is 12.4. The number of hydrogen-bond donors (Lipinski definition) is 1. The molecule has 6 nitrogen and oxygen atoms in total. The molecule has 0 bridgehead atoms. The summed E-state index contributed by atoms with van der Waals surface area (Å²) in [5.41, 5.74) is 1.39. The van der Waals surface area contributed by atoms with Crippen molar-refractivity contribution in [2.24, 2.45) is 0 Å².